The Morgan fingerprint density at radius 2 is 1.65 bits per heavy atom. The third-order valence-electron chi connectivity index (χ3n) is 2.09. The van der Waals surface area contributed by atoms with E-state index >= 15 is 0 Å². The molecule has 2 aromatic rings. The third-order valence-corrected chi connectivity index (χ3v) is 2.09. The van der Waals surface area contributed by atoms with Crippen LogP contribution in [0.1, 0.15) is 0 Å². The van der Waals surface area contributed by atoms with Crippen LogP contribution in [0, 0.1) is 11.6 Å². The molecule has 0 radical (unpaired) electrons. The molecule has 0 bridgehead atoms. The number of benzene rings is 1. The number of hydrogen-bond acceptors (Lipinski definition) is 4. The number of nitrogens with zero attached hydrogens (tertiary/aromatic N) is 1. The highest BCUT2D eigenvalue weighted by molar-refractivity contribution is 5.65. The Balaban J connectivity index is 2.28. The number of nitrogen functional groups attached to an aromatic ring is 2. The van der Waals surface area contributed by atoms with E-state index in [4.69, 9.17) is 11.5 Å². The Morgan fingerprint density at radius 3 is 2.24 bits per heavy atom. The summed E-state index contributed by atoms with van der Waals surface area (Å²) in [6.45, 7) is 0. The number of rotatable bonds is 2. The summed E-state index contributed by atoms with van der Waals surface area (Å²) in [6.07, 6.45) is 0. The third kappa shape index (κ3) is 2.60. The summed E-state index contributed by atoms with van der Waals surface area (Å²) in [5.74, 6) is -0.819. The van der Waals surface area contributed by atoms with E-state index in [0.717, 1.165) is 18.2 Å². The van der Waals surface area contributed by atoms with Crippen LogP contribution in [0.25, 0.3) is 0 Å². The zero-order valence-corrected chi connectivity index (χ0v) is 8.74. The summed E-state index contributed by atoms with van der Waals surface area (Å²) >= 11 is 0. The van der Waals surface area contributed by atoms with Crippen molar-refractivity contribution in [1.82, 2.24) is 4.98 Å². The van der Waals surface area contributed by atoms with E-state index in [1.54, 1.807) is 12.1 Å². The fourth-order valence-corrected chi connectivity index (χ4v) is 1.33. The SMILES string of the molecule is Nc1ccc(Nc2cc(F)cc(F)c2)nc1N. The maximum absolute atomic E-state index is 12.9. The van der Waals surface area contributed by atoms with Gasteiger partial charge in [-0.25, -0.2) is 13.8 Å². The highest BCUT2D eigenvalue weighted by Crippen LogP contribution is 2.20. The van der Waals surface area contributed by atoms with Crippen molar-refractivity contribution < 1.29 is 8.78 Å². The summed E-state index contributed by atoms with van der Waals surface area (Å²) in [5.41, 5.74) is 11.6. The van der Waals surface area contributed by atoms with Gasteiger partial charge < -0.3 is 16.8 Å². The minimum Gasteiger partial charge on any atom is -0.396 e. The minimum absolute atomic E-state index is 0.159. The number of nitrogens with two attached hydrogens (primary N) is 2. The monoisotopic (exact) mass is 236 g/mol. The van der Waals surface area contributed by atoms with Gasteiger partial charge in [0.1, 0.15) is 23.3 Å². The number of halogens is 2. The number of hydrogen-bond donors (Lipinski definition) is 3. The first kappa shape index (κ1) is 11.1. The number of nitrogens with one attached hydrogen (secondary N) is 1. The van der Waals surface area contributed by atoms with Gasteiger partial charge in [0.05, 0.1) is 5.69 Å². The van der Waals surface area contributed by atoms with Crippen molar-refractivity contribution in [3.8, 4) is 0 Å². The van der Waals surface area contributed by atoms with E-state index in [0.29, 0.717) is 11.5 Å². The van der Waals surface area contributed by atoms with Crippen LogP contribution in [-0.4, -0.2) is 4.98 Å². The van der Waals surface area contributed by atoms with Gasteiger partial charge in [-0.15, -0.1) is 0 Å². The smallest absolute Gasteiger partial charge is 0.149 e. The quantitative estimate of drug-likeness (QED) is 0.747. The molecule has 4 nitrogen and oxygen atoms in total. The zero-order valence-electron chi connectivity index (χ0n) is 8.74. The lowest BCUT2D eigenvalue weighted by Crippen LogP contribution is -2.01. The molecule has 1 aromatic heterocycles. The molecular weight excluding hydrogens is 226 g/mol. The van der Waals surface area contributed by atoms with E-state index < -0.39 is 11.6 Å². The molecule has 0 aliphatic rings. The van der Waals surface area contributed by atoms with Gasteiger partial charge in [-0.05, 0) is 24.3 Å². The molecule has 17 heavy (non-hydrogen) atoms. The Labute approximate surface area is 96.3 Å². The molecule has 0 aliphatic heterocycles. The van der Waals surface area contributed by atoms with Gasteiger partial charge in [-0.1, -0.05) is 0 Å². The first-order valence-electron chi connectivity index (χ1n) is 4.80. The van der Waals surface area contributed by atoms with Gasteiger partial charge in [0.25, 0.3) is 0 Å². The predicted molar refractivity (Wildman–Crippen MR) is 62.7 cm³/mol. The molecule has 88 valence electrons. The first-order chi connectivity index (χ1) is 8.04. The highest BCUT2D eigenvalue weighted by atomic mass is 19.1. The van der Waals surface area contributed by atoms with Gasteiger partial charge in [0.15, 0.2) is 0 Å². The molecule has 0 saturated carbocycles. The van der Waals surface area contributed by atoms with Crippen molar-refractivity contribution in [2.45, 2.75) is 0 Å². The van der Waals surface area contributed by atoms with Crippen molar-refractivity contribution >= 4 is 23.0 Å². The molecule has 0 fully saturated rings. The van der Waals surface area contributed by atoms with Crippen molar-refractivity contribution in [1.29, 1.82) is 0 Å². The summed E-state index contributed by atoms with van der Waals surface area (Å²) in [6, 6.07) is 6.21. The molecule has 0 aliphatic carbocycles. The lowest BCUT2D eigenvalue weighted by atomic mass is 10.3. The zero-order chi connectivity index (χ0) is 12.4. The highest BCUT2D eigenvalue weighted by Gasteiger charge is 2.03. The average molecular weight is 236 g/mol. The second-order valence-corrected chi connectivity index (χ2v) is 3.45. The normalized spacial score (nSPS) is 10.2. The van der Waals surface area contributed by atoms with Crippen molar-refractivity contribution in [2.24, 2.45) is 0 Å². The van der Waals surface area contributed by atoms with Crippen LogP contribution in [0.3, 0.4) is 0 Å². The van der Waals surface area contributed by atoms with Gasteiger partial charge in [-0.2, -0.15) is 0 Å². The minimum atomic E-state index is -0.670. The molecule has 0 amide bonds. The van der Waals surface area contributed by atoms with Crippen LogP contribution in [0.5, 0.6) is 0 Å². The van der Waals surface area contributed by atoms with E-state index in [2.05, 4.69) is 10.3 Å². The van der Waals surface area contributed by atoms with Crippen LogP contribution in [0.15, 0.2) is 30.3 Å². The van der Waals surface area contributed by atoms with Gasteiger partial charge in [0, 0.05) is 11.8 Å². The van der Waals surface area contributed by atoms with Gasteiger partial charge >= 0.3 is 0 Å². The second kappa shape index (κ2) is 4.25. The van der Waals surface area contributed by atoms with Crippen LogP contribution in [-0.2, 0) is 0 Å². The number of anilines is 4. The topological polar surface area (TPSA) is 77.0 Å². The molecule has 0 saturated heterocycles. The largest absolute Gasteiger partial charge is 0.396 e. The van der Waals surface area contributed by atoms with Crippen molar-refractivity contribution in [3.05, 3.63) is 42.0 Å². The molecular formula is C11H10F2N4. The number of aromatic nitrogens is 1. The van der Waals surface area contributed by atoms with Crippen molar-refractivity contribution in [3.63, 3.8) is 0 Å². The molecule has 0 spiro atoms. The molecule has 5 N–H and O–H groups in total. The summed E-state index contributed by atoms with van der Waals surface area (Å²) in [7, 11) is 0. The summed E-state index contributed by atoms with van der Waals surface area (Å²) in [5, 5.41) is 2.73. The first-order valence-corrected chi connectivity index (χ1v) is 4.80. The van der Waals surface area contributed by atoms with Crippen LogP contribution < -0.4 is 16.8 Å². The standard InChI is InChI=1S/C11H10F2N4/c12-6-3-7(13)5-8(4-6)16-10-2-1-9(14)11(15)17-10/h1-5H,14H2,(H3,15,16,17). The Hall–Kier alpha value is -2.37. The van der Waals surface area contributed by atoms with Crippen LogP contribution in [0.4, 0.5) is 31.8 Å². The van der Waals surface area contributed by atoms with E-state index in [-0.39, 0.29) is 11.5 Å². The van der Waals surface area contributed by atoms with Gasteiger partial charge in [0.2, 0.25) is 0 Å². The molecule has 1 aromatic carbocycles. The molecule has 0 unspecified atom stereocenters. The van der Waals surface area contributed by atoms with E-state index in [9.17, 15) is 8.78 Å². The fraction of sp³-hybridized carbons (Fsp3) is 0. The molecule has 2 rings (SSSR count). The van der Waals surface area contributed by atoms with Crippen LogP contribution >= 0.6 is 0 Å². The lowest BCUT2D eigenvalue weighted by molar-refractivity contribution is 0.584. The Bertz CT molecular complexity index is 537. The van der Waals surface area contributed by atoms with E-state index in [1.807, 2.05) is 0 Å². The Kier molecular flexibility index (Phi) is 2.78. The Morgan fingerprint density at radius 1 is 1.00 bits per heavy atom. The molecule has 0 atom stereocenters. The maximum Gasteiger partial charge on any atom is 0.149 e. The summed E-state index contributed by atoms with van der Waals surface area (Å²) < 4.78 is 25.9. The number of pyridine rings is 1. The lowest BCUT2D eigenvalue weighted by Gasteiger charge is -2.07. The van der Waals surface area contributed by atoms with Crippen molar-refractivity contribution in [2.75, 3.05) is 16.8 Å². The fourth-order valence-electron chi connectivity index (χ4n) is 1.33. The van der Waals surface area contributed by atoms with Gasteiger partial charge in [-0.3, -0.25) is 0 Å². The molecule has 6 heteroatoms. The molecule has 1 heterocycles. The predicted octanol–water partition coefficient (Wildman–Crippen LogP) is 2.27. The maximum atomic E-state index is 12.9. The van der Waals surface area contributed by atoms with E-state index in [1.165, 1.54) is 0 Å². The second-order valence-electron chi connectivity index (χ2n) is 3.45. The average Bonchev–Trinajstić information content (AvgIpc) is 2.22. The summed E-state index contributed by atoms with van der Waals surface area (Å²) in [4.78, 5) is 3.92. The van der Waals surface area contributed by atoms with Crippen LogP contribution in [0.2, 0.25) is 0 Å².